The maximum atomic E-state index is 5.53. The summed E-state index contributed by atoms with van der Waals surface area (Å²) in [6.45, 7) is 2.94. The van der Waals surface area contributed by atoms with Crippen LogP contribution in [0.2, 0.25) is 0 Å². The van der Waals surface area contributed by atoms with Gasteiger partial charge in [-0.05, 0) is 30.7 Å². The molecular weight excluding hydrogens is 186 g/mol. The molecule has 2 N–H and O–H groups in total. The number of unbranched alkanes of at least 4 members (excludes halogenated alkanes) is 1. The van der Waals surface area contributed by atoms with Gasteiger partial charge in [-0.25, -0.2) is 0 Å². The van der Waals surface area contributed by atoms with Crippen LogP contribution in [0.1, 0.15) is 19.8 Å². The van der Waals surface area contributed by atoms with E-state index < -0.39 is 0 Å². The van der Waals surface area contributed by atoms with E-state index in [4.69, 9.17) is 10.5 Å². The molecule has 13 heavy (non-hydrogen) atoms. The molecule has 0 radical (unpaired) electrons. The summed E-state index contributed by atoms with van der Waals surface area (Å²) in [6.07, 6.45) is 2.26. The first-order valence-corrected chi connectivity index (χ1v) is 4.31. The summed E-state index contributed by atoms with van der Waals surface area (Å²) in [7, 11) is 0. The summed E-state index contributed by atoms with van der Waals surface area (Å²) in [5.41, 5.74) is 6.30. The lowest BCUT2D eigenvalue weighted by atomic mass is 10.3. The zero-order valence-corrected chi connectivity index (χ0v) is 8.64. The predicted molar refractivity (Wildman–Crippen MR) is 58.5 cm³/mol. The molecule has 3 heteroatoms. The van der Waals surface area contributed by atoms with Gasteiger partial charge >= 0.3 is 0 Å². The van der Waals surface area contributed by atoms with Gasteiger partial charge in [0.05, 0.1) is 6.61 Å². The molecule has 0 heterocycles. The summed E-state index contributed by atoms with van der Waals surface area (Å²) in [5.74, 6) is 0.901. The van der Waals surface area contributed by atoms with E-state index >= 15 is 0 Å². The third-order valence-electron chi connectivity index (χ3n) is 1.65. The van der Waals surface area contributed by atoms with E-state index in [0.29, 0.717) is 0 Å². The topological polar surface area (TPSA) is 35.2 Å². The van der Waals surface area contributed by atoms with Gasteiger partial charge in [0.2, 0.25) is 0 Å². The molecule has 0 atom stereocenters. The summed E-state index contributed by atoms with van der Waals surface area (Å²) >= 11 is 0. The average molecular weight is 202 g/mol. The van der Waals surface area contributed by atoms with Gasteiger partial charge in [-0.2, -0.15) is 0 Å². The fourth-order valence-corrected chi connectivity index (χ4v) is 0.898. The van der Waals surface area contributed by atoms with Gasteiger partial charge in [-0.3, -0.25) is 0 Å². The minimum Gasteiger partial charge on any atom is -0.494 e. The van der Waals surface area contributed by atoms with Crippen LogP contribution in [0.25, 0.3) is 0 Å². The molecule has 1 aromatic rings. The molecule has 0 saturated heterocycles. The SMILES string of the molecule is CCCCOc1ccc(N)cc1.Cl. The molecule has 0 saturated carbocycles. The lowest BCUT2D eigenvalue weighted by molar-refractivity contribution is 0.309. The van der Waals surface area contributed by atoms with Crippen LogP contribution in [0, 0.1) is 0 Å². The van der Waals surface area contributed by atoms with Crippen molar-refractivity contribution < 1.29 is 4.74 Å². The number of hydrogen-bond acceptors (Lipinski definition) is 2. The lowest BCUT2D eigenvalue weighted by Gasteiger charge is -2.04. The quantitative estimate of drug-likeness (QED) is 0.601. The second kappa shape index (κ2) is 6.61. The zero-order chi connectivity index (χ0) is 8.81. The van der Waals surface area contributed by atoms with E-state index in [2.05, 4.69) is 6.92 Å². The Kier molecular flexibility index (Phi) is 6.15. The highest BCUT2D eigenvalue weighted by Crippen LogP contribution is 2.13. The molecule has 0 bridgehead atoms. The minimum absolute atomic E-state index is 0. The predicted octanol–water partition coefficient (Wildman–Crippen LogP) is 2.87. The molecule has 74 valence electrons. The van der Waals surface area contributed by atoms with E-state index in [1.165, 1.54) is 0 Å². The first kappa shape index (κ1) is 12.1. The maximum Gasteiger partial charge on any atom is 0.119 e. The normalized spacial score (nSPS) is 9.00. The van der Waals surface area contributed by atoms with Crippen molar-refractivity contribution in [1.29, 1.82) is 0 Å². The first-order chi connectivity index (χ1) is 5.83. The Morgan fingerprint density at radius 1 is 1.23 bits per heavy atom. The van der Waals surface area contributed by atoms with Crippen molar-refractivity contribution in [2.24, 2.45) is 0 Å². The van der Waals surface area contributed by atoms with Crippen molar-refractivity contribution in [2.45, 2.75) is 19.8 Å². The number of hydrogen-bond donors (Lipinski definition) is 1. The van der Waals surface area contributed by atoms with Crippen LogP contribution in [0.3, 0.4) is 0 Å². The largest absolute Gasteiger partial charge is 0.494 e. The van der Waals surface area contributed by atoms with Crippen molar-refractivity contribution >= 4 is 18.1 Å². The van der Waals surface area contributed by atoms with Gasteiger partial charge in [0.25, 0.3) is 0 Å². The van der Waals surface area contributed by atoms with E-state index in [1.54, 1.807) is 0 Å². The number of ether oxygens (including phenoxy) is 1. The van der Waals surface area contributed by atoms with Crippen LogP contribution in [0.4, 0.5) is 5.69 Å². The Morgan fingerprint density at radius 3 is 2.38 bits per heavy atom. The van der Waals surface area contributed by atoms with Crippen LogP contribution >= 0.6 is 12.4 Å². The Morgan fingerprint density at radius 2 is 1.85 bits per heavy atom. The number of nitrogen functional groups attached to an aromatic ring is 1. The molecule has 0 aromatic heterocycles. The molecule has 0 unspecified atom stereocenters. The van der Waals surface area contributed by atoms with Crippen LogP contribution in [0.5, 0.6) is 5.75 Å². The van der Waals surface area contributed by atoms with Crippen LogP contribution in [0.15, 0.2) is 24.3 Å². The second-order valence-corrected chi connectivity index (χ2v) is 2.77. The highest BCUT2D eigenvalue weighted by Gasteiger charge is 1.91. The van der Waals surface area contributed by atoms with E-state index in [0.717, 1.165) is 30.9 Å². The number of anilines is 1. The number of nitrogens with two attached hydrogens (primary N) is 1. The maximum absolute atomic E-state index is 5.53. The second-order valence-electron chi connectivity index (χ2n) is 2.77. The Bertz CT molecular complexity index is 223. The van der Waals surface area contributed by atoms with E-state index in [-0.39, 0.29) is 12.4 Å². The van der Waals surface area contributed by atoms with Crippen molar-refractivity contribution in [3.05, 3.63) is 24.3 Å². The lowest BCUT2D eigenvalue weighted by Crippen LogP contribution is -1.96. The fourth-order valence-electron chi connectivity index (χ4n) is 0.898. The van der Waals surface area contributed by atoms with Crippen LogP contribution < -0.4 is 10.5 Å². The Balaban J connectivity index is 0.00000144. The van der Waals surface area contributed by atoms with Crippen molar-refractivity contribution in [3.8, 4) is 5.75 Å². The number of benzene rings is 1. The molecular formula is C10H16ClNO. The van der Waals surface area contributed by atoms with E-state index in [9.17, 15) is 0 Å². The third-order valence-corrected chi connectivity index (χ3v) is 1.65. The molecule has 0 amide bonds. The molecule has 0 spiro atoms. The summed E-state index contributed by atoms with van der Waals surface area (Å²) in [4.78, 5) is 0. The first-order valence-electron chi connectivity index (χ1n) is 4.31. The summed E-state index contributed by atoms with van der Waals surface area (Å²) in [6, 6.07) is 7.48. The molecule has 0 aliphatic heterocycles. The molecule has 0 aliphatic carbocycles. The van der Waals surface area contributed by atoms with Crippen molar-refractivity contribution in [1.82, 2.24) is 0 Å². The van der Waals surface area contributed by atoms with Gasteiger partial charge < -0.3 is 10.5 Å². The van der Waals surface area contributed by atoms with Gasteiger partial charge in [0.1, 0.15) is 5.75 Å². The molecule has 0 aliphatic rings. The molecule has 2 nitrogen and oxygen atoms in total. The third kappa shape index (κ3) is 4.63. The highest BCUT2D eigenvalue weighted by molar-refractivity contribution is 5.85. The highest BCUT2D eigenvalue weighted by atomic mass is 35.5. The average Bonchev–Trinajstić information content (AvgIpc) is 2.09. The Hall–Kier alpha value is -0.890. The van der Waals surface area contributed by atoms with Crippen LogP contribution in [-0.4, -0.2) is 6.61 Å². The molecule has 1 aromatic carbocycles. The van der Waals surface area contributed by atoms with Gasteiger partial charge in [0.15, 0.2) is 0 Å². The summed E-state index contributed by atoms with van der Waals surface area (Å²) < 4.78 is 5.45. The smallest absolute Gasteiger partial charge is 0.119 e. The monoisotopic (exact) mass is 201 g/mol. The summed E-state index contributed by atoms with van der Waals surface area (Å²) in [5, 5.41) is 0. The Labute approximate surface area is 85.5 Å². The van der Waals surface area contributed by atoms with Gasteiger partial charge in [-0.1, -0.05) is 13.3 Å². The molecule has 0 fully saturated rings. The van der Waals surface area contributed by atoms with Gasteiger partial charge in [0, 0.05) is 5.69 Å². The van der Waals surface area contributed by atoms with Crippen LogP contribution in [-0.2, 0) is 0 Å². The zero-order valence-electron chi connectivity index (χ0n) is 7.82. The van der Waals surface area contributed by atoms with Gasteiger partial charge in [-0.15, -0.1) is 12.4 Å². The minimum atomic E-state index is 0. The van der Waals surface area contributed by atoms with E-state index in [1.807, 2.05) is 24.3 Å². The number of halogens is 1. The standard InChI is InChI=1S/C10H15NO.ClH/c1-2-3-8-12-10-6-4-9(11)5-7-10;/h4-7H,2-3,8,11H2,1H3;1H. The van der Waals surface area contributed by atoms with Crippen molar-refractivity contribution in [3.63, 3.8) is 0 Å². The number of rotatable bonds is 4. The fraction of sp³-hybridized carbons (Fsp3) is 0.400. The van der Waals surface area contributed by atoms with Crippen molar-refractivity contribution in [2.75, 3.05) is 12.3 Å². The molecule has 1 rings (SSSR count).